The minimum atomic E-state index is -0.115. The van der Waals surface area contributed by atoms with Gasteiger partial charge < -0.3 is 10.2 Å². The molecule has 1 aromatic rings. The Morgan fingerprint density at radius 1 is 1.53 bits per heavy atom. The van der Waals surface area contributed by atoms with Crippen LogP contribution in [0.15, 0.2) is 18.2 Å². The topological polar surface area (TPSA) is 45.2 Å². The van der Waals surface area contributed by atoms with Crippen molar-refractivity contribution in [3.05, 3.63) is 29.6 Å². The molecule has 1 fully saturated rings. The molecule has 4 nitrogen and oxygen atoms in total. The van der Waals surface area contributed by atoms with Crippen LogP contribution in [0.4, 0.5) is 0 Å². The summed E-state index contributed by atoms with van der Waals surface area (Å²) in [7, 11) is 3.76. The van der Waals surface area contributed by atoms with Crippen LogP contribution in [0.2, 0.25) is 0 Å². The predicted molar refractivity (Wildman–Crippen MR) is 67.1 cm³/mol. The zero-order chi connectivity index (χ0) is 12.3. The van der Waals surface area contributed by atoms with Gasteiger partial charge in [-0.15, -0.1) is 0 Å². The van der Waals surface area contributed by atoms with Crippen LogP contribution in [-0.2, 0) is 0 Å². The van der Waals surface area contributed by atoms with Crippen molar-refractivity contribution in [2.24, 2.45) is 0 Å². The molecule has 2 rings (SSSR count). The summed E-state index contributed by atoms with van der Waals surface area (Å²) >= 11 is 0. The highest BCUT2D eigenvalue weighted by molar-refractivity contribution is 5.91. The summed E-state index contributed by atoms with van der Waals surface area (Å²) in [5.41, 5.74) is 1.55. The first kappa shape index (κ1) is 12.0. The molecule has 0 radical (unpaired) electrons. The summed E-state index contributed by atoms with van der Waals surface area (Å²) in [6.07, 6.45) is 2.36. The first-order chi connectivity index (χ1) is 8.20. The van der Waals surface area contributed by atoms with Crippen molar-refractivity contribution in [1.82, 2.24) is 15.2 Å². The van der Waals surface area contributed by atoms with Crippen molar-refractivity contribution in [3.63, 3.8) is 0 Å². The molecule has 1 N–H and O–H groups in total. The highest BCUT2D eigenvalue weighted by atomic mass is 16.1. The molecule has 2 heterocycles. The standard InChI is InChI=1S/C13H19N3O/c1-14-13(17)12-7-3-6-11(15-12)10-5-4-8-16(2)9-10/h3,6-7,10H,4-5,8-9H2,1-2H3,(H,14,17)/t10-/m1/s1. The van der Waals surface area contributed by atoms with Gasteiger partial charge in [-0.1, -0.05) is 6.07 Å². The lowest BCUT2D eigenvalue weighted by Crippen LogP contribution is -2.31. The van der Waals surface area contributed by atoms with E-state index in [0.717, 1.165) is 25.2 Å². The maximum Gasteiger partial charge on any atom is 0.269 e. The lowest BCUT2D eigenvalue weighted by molar-refractivity contribution is 0.0957. The van der Waals surface area contributed by atoms with E-state index in [4.69, 9.17) is 0 Å². The summed E-state index contributed by atoms with van der Waals surface area (Å²) in [5, 5.41) is 2.61. The number of nitrogens with zero attached hydrogens (tertiary/aromatic N) is 2. The number of likely N-dealkylation sites (N-methyl/N-ethyl adjacent to an activating group) is 1. The first-order valence-electron chi connectivity index (χ1n) is 6.08. The Morgan fingerprint density at radius 3 is 3.06 bits per heavy atom. The van der Waals surface area contributed by atoms with Gasteiger partial charge in [0.15, 0.2) is 0 Å². The van der Waals surface area contributed by atoms with E-state index >= 15 is 0 Å². The summed E-state index contributed by atoms with van der Waals surface area (Å²) in [6.45, 7) is 2.19. The molecule has 0 bridgehead atoms. The Balaban J connectivity index is 2.17. The quantitative estimate of drug-likeness (QED) is 0.836. The Hall–Kier alpha value is -1.42. The number of rotatable bonds is 2. The molecule has 17 heavy (non-hydrogen) atoms. The van der Waals surface area contributed by atoms with Crippen LogP contribution in [0, 0.1) is 0 Å². The molecule has 0 spiro atoms. The van der Waals surface area contributed by atoms with E-state index in [2.05, 4.69) is 22.2 Å². The maximum atomic E-state index is 11.5. The normalized spacial score (nSPS) is 21.2. The van der Waals surface area contributed by atoms with Gasteiger partial charge in [0.05, 0.1) is 0 Å². The maximum absolute atomic E-state index is 11.5. The number of amides is 1. The molecule has 1 aliphatic rings. The van der Waals surface area contributed by atoms with Gasteiger partial charge in [0.25, 0.3) is 5.91 Å². The average molecular weight is 233 g/mol. The molecule has 1 aliphatic heterocycles. The lowest BCUT2D eigenvalue weighted by Gasteiger charge is -2.29. The fourth-order valence-electron chi connectivity index (χ4n) is 2.34. The number of nitrogens with one attached hydrogen (secondary N) is 1. The summed E-state index contributed by atoms with van der Waals surface area (Å²) in [6, 6.07) is 5.70. The second-order valence-electron chi connectivity index (χ2n) is 4.63. The van der Waals surface area contributed by atoms with Crippen LogP contribution in [-0.4, -0.2) is 43.0 Å². The van der Waals surface area contributed by atoms with Gasteiger partial charge in [-0.05, 0) is 38.6 Å². The lowest BCUT2D eigenvalue weighted by atomic mass is 9.94. The van der Waals surface area contributed by atoms with Crippen molar-refractivity contribution in [2.45, 2.75) is 18.8 Å². The van der Waals surface area contributed by atoms with E-state index in [1.165, 1.54) is 6.42 Å². The van der Waals surface area contributed by atoms with Crippen LogP contribution >= 0.6 is 0 Å². The number of aromatic nitrogens is 1. The van der Waals surface area contributed by atoms with Crippen molar-refractivity contribution in [2.75, 3.05) is 27.2 Å². The smallest absolute Gasteiger partial charge is 0.269 e. The molecule has 0 unspecified atom stereocenters. The Labute approximate surface area is 102 Å². The molecule has 1 aromatic heterocycles. The van der Waals surface area contributed by atoms with E-state index in [9.17, 15) is 4.79 Å². The molecule has 0 aromatic carbocycles. The predicted octanol–water partition coefficient (Wildman–Crippen LogP) is 1.25. The molecule has 0 saturated carbocycles. The monoisotopic (exact) mass is 233 g/mol. The van der Waals surface area contributed by atoms with E-state index in [-0.39, 0.29) is 5.91 Å². The van der Waals surface area contributed by atoms with Crippen LogP contribution < -0.4 is 5.32 Å². The number of hydrogen-bond donors (Lipinski definition) is 1. The third-order valence-corrected chi connectivity index (χ3v) is 3.27. The van der Waals surface area contributed by atoms with Gasteiger partial charge >= 0.3 is 0 Å². The second-order valence-corrected chi connectivity index (χ2v) is 4.63. The van der Waals surface area contributed by atoms with E-state index in [1.807, 2.05) is 12.1 Å². The third kappa shape index (κ3) is 2.82. The van der Waals surface area contributed by atoms with Gasteiger partial charge in [0.1, 0.15) is 5.69 Å². The van der Waals surface area contributed by atoms with Crippen LogP contribution in [0.25, 0.3) is 0 Å². The number of piperidine rings is 1. The van der Waals surface area contributed by atoms with Gasteiger partial charge in [-0.3, -0.25) is 4.79 Å². The number of carbonyl (C=O) groups is 1. The summed E-state index contributed by atoms with van der Waals surface area (Å²) < 4.78 is 0. The Kier molecular flexibility index (Phi) is 3.74. The number of hydrogen-bond acceptors (Lipinski definition) is 3. The SMILES string of the molecule is CNC(=O)c1cccc([C@@H]2CCCN(C)C2)n1. The number of pyridine rings is 1. The van der Waals surface area contributed by atoms with Crippen molar-refractivity contribution >= 4 is 5.91 Å². The van der Waals surface area contributed by atoms with Crippen molar-refractivity contribution in [3.8, 4) is 0 Å². The molecular formula is C13H19N3O. The van der Waals surface area contributed by atoms with Crippen LogP contribution in [0.3, 0.4) is 0 Å². The molecule has 1 atom stereocenters. The number of carbonyl (C=O) groups excluding carboxylic acids is 1. The highest BCUT2D eigenvalue weighted by Crippen LogP contribution is 2.24. The number of likely N-dealkylation sites (tertiary alicyclic amines) is 1. The average Bonchev–Trinajstić information content (AvgIpc) is 2.38. The molecule has 1 saturated heterocycles. The zero-order valence-electron chi connectivity index (χ0n) is 10.4. The minimum Gasteiger partial charge on any atom is -0.354 e. The molecule has 1 amide bonds. The first-order valence-corrected chi connectivity index (χ1v) is 6.08. The Morgan fingerprint density at radius 2 is 2.35 bits per heavy atom. The van der Waals surface area contributed by atoms with Gasteiger partial charge in [-0.25, -0.2) is 4.98 Å². The largest absolute Gasteiger partial charge is 0.354 e. The second kappa shape index (κ2) is 5.27. The molecular weight excluding hydrogens is 214 g/mol. The van der Waals surface area contributed by atoms with E-state index in [1.54, 1.807) is 13.1 Å². The minimum absolute atomic E-state index is 0.115. The van der Waals surface area contributed by atoms with Gasteiger partial charge in [0, 0.05) is 25.2 Å². The zero-order valence-corrected chi connectivity index (χ0v) is 10.4. The fraction of sp³-hybridized carbons (Fsp3) is 0.538. The van der Waals surface area contributed by atoms with E-state index in [0.29, 0.717) is 11.6 Å². The van der Waals surface area contributed by atoms with Crippen LogP contribution in [0.1, 0.15) is 34.9 Å². The van der Waals surface area contributed by atoms with Crippen molar-refractivity contribution < 1.29 is 4.79 Å². The van der Waals surface area contributed by atoms with Crippen LogP contribution in [0.5, 0.6) is 0 Å². The Bertz CT molecular complexity index is 405. The van der Waals surface area contributed by atoms with E-state index < -0.39 is 0 Å². The van der Waals surface area contributed by atoms with Gasteiger partial charge in [0.2, 0.25) is 0 Å². The van der Waals surface area contributed by atoms with Crippen molar-refractivity contribution in [1.29, 1.82) is 0 Å². The molecule has 4 heteroatoms. The highest BCUT2D eigenvalue weighted by Gasteiger charge is 2.20. The third-order valence-electron chi connectivity index (χ3n) is 3.27. The molecule has 92 valence electrons. The van der Waals surface area contributed by atoms with Gasteiger partial charge in [-0.2, -0.15) is 0 Å². The molecule has 0 aliphatic carbocycles. The fourth-order valence-corrected chi connectivity index (χ4v) is 2.34. The summed E-state index contributed by atoms with van der Waals surface area (Å²) in [4.78, 5) is 18.3. The summed E-state index contributed by atoms with van der Waals surface area (Å²) in [5.74, 6) is 0.342.